The number of aromatic hydroxyl groups is 1. The maximum Gasteiger partial charge on any atom is 0.236 e. The summed E-state index contributed by atoms with van der Waals surface area (Å²) in [5.41, 5.74) is 7.47. The van der Waals surface area contributed by atoms with Crippen molar-refractivity contribution in [3.05, 3.63) is 42.2 Å². The molecule has 1 aromatic carbocycles. The molecule has 0 radical (unpaired) electrons. The molecule has 0 atom stereocenters. The smallest absolute Gasteiger partial charge is 0.236 e. The molecule has 2 aromatic heterocycles. The summed E-state index contributed by atoms with van der Waals surface area (Å²) in [6, 6.07) is 6.96. The van der Waals surface area contributed by atoms with Gasteiger partial charge in [-0.1, -0.05) is 31.9 Å². The summed E-state index contributed by atoms with van der Waals surface area (Å²) in [7, 11) is 0. The highest BCUT2D eigenvalue weighted by Crippen LogP contribution is 2.27. The number of benzene rings is 1. The number of hydrogen-bond acceptors (Lipinski definition) is 4. The normalized spacial score (nSPS) is 9.76. The maximum atomic E-state index is 9.82. The van der Waals surface area contributed by atoms with Crippen molar-refractivity contribution in [1.82, 2.24) is 14.4 Å². The summed E-state index contributed by atoms with van der Waals surface area (Å²) in [5.74, 6) is 3.33. The summed E-state index contributed by atoms with van der Waals surface area (Å²) < 4.78 is 1.69. The van der Waals surface area contributed by atoms with Gasteiger partial charge in [-0.25, -0.2) is 4.98 Å². The maximum absolute atomic E-state index is 9.82. The van der Waals surface area contributed by atoms with E-state index in [2.05, 4.69) is 15.9 Å². The Bertz CT molecular complexity index is 815. The van der Waals surface area contributed by atoms with E-state index in [1.165, 1.54) is 0 Å². The molecule has 0 saturated carbocycles. The van der Waals surface area contributed by atoms with E-state index in [1.54, 1.807) is 35.0 Å². The molecule has 0 spiro atoms. The number of fused-ring (bicyclic) bond motifs is 1. The van der Waals surface area contributed by atoms with Crippen molar-refractivity contribution in [2.75, 3.05) is 5.73 Å². The Morgan fingerprint density at radius 3 is 2.57 bits per heavy atom. The molecule has 0 unspecified atom stereocenters. The second kappa shape index (κ2) is 5.97. The molecule has 3 rings (SSSR count). The van der Waals surface area contributed by atoms with Crippen LogP contribution in [0.5, 0.6) is 5.75 Å². The summed E-state index contributed by atoms with van der Waals surface area (Å²) in [6.07, 6.45) is 8.78. The summed E-state index contributed by atoms with van der Waals surface area (Å²) in [4.78, 5) is 8.45. The van der Waals surface area contributed by atoms with Crippen LogP contribution in [0.25, 0.3) is 17.0 Å². The highest BCUT2D eigenvalue weighted by Gasteiger charge is 2.10. The minimum Gasteiger partial charge on any atom is -0.507 e. The second-order valence-electron chi connectivity index (χ2n) is 4.03. The van der Waals surface area contributed by atoms with Gasteiger partial charge in [-0.05, 0) is 12.1 Å². The molecule has 3 aromatic rings. The average molecular weight is 280 g/mol. The lowest BCUT2D eigenvalue weighted by atomic mass is 10.1. The lowest BCUT2D eigenvalue weighted by Crippen LogP contribution is -1.98. The molecular weight excluding hydrogens is 264 g/mol. The highest BCUT2D eigenvalue weighted by molar-refractivity contribution is 5.68. The quantitative estimate of drug-likeness (QED) is 0.672. The van der Waals surface area contributed by atoms with Gasteiger partial charge >= 0.3 is 0 Å². The van der Waals surface area contributed by atoms with Gasteiger partial charge < -0.3 is 10.8 Å². The molecule has 2 heterocycles. The zero-order valence-electron chi connectivity index (χ0n) is 11.9. The van der Waals surface area contributed by atoms with E-state index in [0.717, 1.165) is 0 Å². The topological polar surface area (TPSA) is 76.4 Å². The third kappa shape index (κ3) is 2.65. The number of hydrogen-bond donors (Lipinski definition) is 2. The standard InChI is InChI=1S/C14H10N4O.C2H6/c1-2-9-7-18-8-11(16-14(18)17-13(9)15)10-5-3-4-6-12(10)19;1-2/h1,3-8,19H,(H2,15,16,17);1-2H3. The van der Waals surface area contributed by atoms with Crippen LogP contribution >= 0.6 is 0 Å². The van der Waals surface area contributed by atoms with E-state index < -0.39 is 0 Å². The summed E-state index contributed by atoms with van der Waals surface area (Å²) >= 11 is 0. The Labute approximate surface area is 123 Å². The van der Waals surface area contributed by atoms with Crippen molar-refractivity contribution in [2.45, 2.75) is 13.8 Å². The van der Waals surface area contributed by atoms with Gasteiger partial charge in [-0.2, -0.15) is 4.98 Å². The first kappa shape index (κ1) is 14.4. The van der Waals surface area contributed by atoms with Crippen LogP contribution in [0, 0.1) is 12.3 Å². The third-order valence-electron chi connectivity index (χ3n) is 2.81. The highest BCUT2D eigenvalue weighted by atomic mass is 16.3. The van der Waals surface area contributed by atoms with Crippen molar-refractivity contribution >= 4 is 11.6 Å². The fraction of sp³-hybridized carbons (Fsp3) is 0.125. The number of imidazole rings is 1. The average Bonchev–Trinajstić information content (AvgIpc) is 2.91. The number of aromatic nitrogens is 3. The Kier molecular flexibility index (Phi) is 4.10. The predicted octanol–water partition coefficient (Wildman–Crippen LogP) is 2.69. The lowest BCUT2D eigenvalue weighted by molar-refractivity contribution is 0.477. The van der Waals surface area contributed by atoms with E-state index in [4.69, 9.17) is 12.2 Å². The minimum absolute atomic E-state index is 0.163. The van der Waals surface area contributed by atoms with Crippen LogP contribution in [0.15, 0.2) is 36.7 Å². The van der Waals surface area contributed by atoms with Gasteiger partial charge in [0.25, 0.3) is 0 Å². The molecule has 21 heavy (non-hydrogen) atoms. The van der Waals surface area contributed by atoms with Crippen LogP contribution in [-0.2, 0) is 0 Å². The molecule has 0 aliphatic heterocycles. The van der Waals surface area contributed by atoms with Crippen molar-refractivity contribution in [2.24, 2.45) is 0 Å². The van der Waals surface area contributed by atoms with Gasteiger partial charge in [0.05, 0.1) is 11.3 Å². The number of phenolic OH excluding ortho intramolecular Hbond substituents is 1. The SMILES string of the molecule is C#Cc1cn2cc(-c3ccccc3O)nc2nc1N.CC. The number of nitrogens with two attached hydrogens (primary N) is 1. The zero-order valence-corrected chi connectivity index (χ0v) is 11.9. The van der Waals surface area contributed by atoms with Crippen LogP contribution < -0.4 is 5.73 Å². The molecular formula is C16H16N4O. The van der Waals surface area contributed by atoms with Crippen LogP contribution in [0.3, 0.4) is 0 Å². The predicted molar refractivity (Wildman–Crippen MR) is 83.8 cm³/mol. The Hall–Kier alpha value is -3.00. The zero-order chi connectivity index (χ0) is 15.4. The van der Waals surface area contributed by atoms with E-state index in [0.29, 0.717) is 22.6 Å². The Morgan fingerprint density at radius 2 is 1.90 bits per heavy atom. The van der Waals surface area contributed by atoms with Gasteiger partial charge in [-0.3, -0.25) is 4.40 Å². The fourth-order valence-corrected chi connectivity index (χ4v) is 1.87. The fourth-order valence-electron chi connectivity index (χ4n) is 1.87. The molecule has 106 valence electrons. The van der Waals surface area contributed by atoms with Crippen molar-refractivity contribution in [3.63, 3.8) is 0 Å². The first-order valence-electron chi connectivity index (χ1n) is 6.59. The number of rotatable bonds is 1. The molecule has 5 heteroatoms. The third-order valence-corrected chi connectivity index (χ3v) is 2.81. The number of phenols is 1. The van der Waals surface area contributed by atoms with Crippen LogP contribution in [0.1, 0.15) is 19.4 Å². The van der Waals surface area contributed by atoms with Gasteiger partial charge in [0.2, 0.25) is 5.78 Å². The number of nitrogen functional groups attached to an aromatic ring is 1. The number of terminal acetylenes is 1. The van der Waals surface area contributed by atoms with E-state index >= 15 is 0 Å². The summed E-state index contributed by atoms with van der Waals surface area (Å²) in [5, 5.41) is 9.82. The number of nitrogens with zero attached hydrogens (tertiary/aromatic N) is 3. The lowest BCUT2D eigenvalue weighted by Gasteiger charge is -1.98. The van der Waals surface area contributed by atoms with Crippen molar-refractivity contribution < 1.29 is 5.11 Å². The molecule has 0 aliphatic carbocycles. The number of anilines is 1. The first-order chi connectivity index (χ1) is 10.2. The van der Waals surface area contributed by atoms with E-state index in [1.807, 2.05) is 19.9 Å². The van der Waals surface area contributed by atoms with Gasteiger partial charge in [-0.15, -0.1) is 6.42 Å². The first-order valence-corrected chi connectivity index (χ1v) is 6.59. The van der Waals surface area contributed by atoms with E-state index in [-0.39, 0.29) is 11.6 Å². The second-order valence-corrected chi connectivity index (χ2v) is 4.03. The van der Waals surface area contributed by atoms with E-state index in [9.17, 15) is 5.11 Å². The summed E-state index contributed by atoms with van der Waals surface area (Å²) in [6.45, 7) is 4.00. The Morgan fingerprint density at radius 1 is 1.19 bits per heavy atom. The molecule has 0 aliphatic rings. The molecule has 0 fully saturated rings. The van der Waals surface area contributed by atoms with Gasteiger partial charge in [0.1, 0.15) is 11.6 Å². The largest absolute Gasteiger partial charge is 0.507 e. The molecule has 0 amide bonds. The van der Waals surface area contributed by atoms with Gasteiger partial charge in [0, 0.05) is 18.0 Å². The van der Waals surface area contributed by atoms with Crippen LogP contribution in [-0.4, -0.2) is 19.5 Å². The van der Waals surface area contributed by atoms with Crippen LogP contribution in [0.2, 0.25) is 0 Å². The van der Waals surface area contributed by atoms with Crippen LogP contribution in [0.4, 0.5) is 5.82 Å². The van der Waals surface area contributed by atoms with Crippen molar-refractivity contribution in [3.8, 4) is 29.4 Å². The number of para-hydroxylation sites is 1. The Balaban J connectivity index is 0.000000774. The molecule has 0 saturated heterocycles. The monoisotopic (exact) mass is 280 g/mol. The molecule has 0 bridgehead atoms. The minimum atomic E-state index is 0.163. The van der Waals surface area contributed by atoms with Crippen molar-refractivity contribution in [1.29, 1.82) is 0 Å². The molecule has 3 N–H and O–H groups in total. The van der Waals surface area contributed by atoms with Gasteiger partial charge in [0.15, 0.2) is 0 Å². The molecule has 5 nitrogen and oxygen atoms in total.